The monoisotopic (exact) mass is 327 g/mol. The Bertz CT molecular complexity index is 385. The summed E-state index contributed by atoms with van der Waals surface area (Å²) in [5, 5.41) is 2.91. The molecule has 0 radical (unpaired) electrons. The Balaban J connectivity index is 2.36. The Morgan fingerprint density at radius 2 is 1.89 bits per heavy atom. The number of nitrogens with two attached hydrogens (primary N) is 1. The van der Waals surface area contributed by atoms with Gasteiger partial charge in [-0.2, -0.15) is 13.2 Å². The van der Waals surface area contributed by atoms with Crippen LogP contribution in [0.15, 0.2) is 10.8 Å². The molecule has 0 aromatic carbocycles. The molecule has 0 amide bonds. The molecule has 0 saturated carbocycles. The lowest BCUT2D eigenvalue weighted by atomic mass is 10.2. The standard InChI is InChI=1S/C9H13BrF3N5/c10-6-7(16-5-17-8(6)18-14)15-4-2-1-3-9(11,12)13/h5H,1-4,14H2,(H2,15,16,17,18). The predicted molar refractivity (Wildman–Crippen MR) is 65.9 cm³/mol. The van der Waals surface area contributed by atoms with Crippen molar-refractivity contribution in [3.8, 4) is 0 Å². The van der Waals surface area contributed by atoms with Gasteiger partial charge in [-0.3, -0.25) is 0 Å². The van der Waals surface area contributed by atoms with Crippen LogP contribution in [0.2, 0.25) is 0 Å². The smallest absolute Gasteiger partial charge is 0.369 e. The second-order valence-corrected chi connectivity index (χ2v) is 4.32. The molecule has 18 heavy (non-hydrogen) atoms. The molecule has 1 heterocycles. The van der Waals surface area contributed by atoms with Crippen molar-refractivity contribution in [2.45, 2.75) is 25.4 Å². The van der Waals surface area contributed by atoms with E-state index in [1.54, 1.807) is 0 Å². The molecular formula is C9H13BrF3N5. The van der Waals surface area contributed by atoms with Crippen molar-refractivity contribution in [2.75, 3.05) is 17.3 Å². The molecule has 5 nitrogen and oxygen atoms in total. The maximum atomic E-state index is 11.9. The van der Waals surface area contributed by atoms with Gasteiger partial charge in [-0.05, 0) is 28.8 Å². The average Bonchev–Trinajstić information content (AvgIpc) is 2.29. The van der Waals surface area contributed by atoms with Gasteiger partial charge in [0.15, 0.2) is 5.82 Å². The summed E-state index contributed by atoms with van der Waals surface area (Å²) >= 11 is 3.23. The van der Waals surface area contributed by atoms with Crippen LogP contribution in [0.25, 0.3) is 0 Å². The zero-order valence-electron chi connectivity index (χ0n) is 9.39. The number of unbranched alkanes of at least 4 members (excludes halogenated alkanes) is 1. The Morgan fingerprint density at radius 3 is 2.50 bits per heavy atom. The van der Waals surface area contributed by atoms with Gasteiger partial charge in [-0.1, -0.05) is 0 Å². The number of nitrogens with one attached hydrogen (secondary N) is 2. The summed E-state index contributed by atoms with van der Waals surface area (Å²) in [5.74, 6) is 6.12. The molecule has 0 aliphatic heterocycles. The molecule has 1 aromatic rings. The summed E-state index contributed by atoms with van der Waals surface area (Å²) in [7, 11) is 0. The molecule has 0 spiro atoms. The summed E-state index contributed by atoms with van der Waals surface area (Å²) in [6.45, 7) is 0.399. The van der Waals surface area contributed by atoms with E-state index in [9.17, 15) is 13.2 Å². The second kappa shape index (κ2) is 6.74. The van der Waals surface area contributed by atoms with Crippen LogP contribution in [0.5, 0.6) is 0 Å². The van der Waals surface area contributed by atoms with Crippen LogP contribution in [0.1, 0.15) is 19.3 Å². The molecular weight excluding hydrogens is 315 g/mol. The van der Waals surface area contributed by atoms with Crippen molar-refractivity contribution in [1.29, 1.82) is 0 Å². The Kier molecular flexibility index (Phi) is 5.60. The first kappa shape index (κ1) is 15.0. The van der Waals surface area contributed by atoms with Crippen molar-refractivity contribution in [3.63, 3.8) is 0 Å². The number of nitrogens with zero attached hydrogens (tertiary/aromatic N) is 2. The normalized spacial score (nSPS) is 11.4. The third-order valence-electron chi connectivity index (χ3n) is 2.11. The largest absolute Gasteiger partial charge is 0.389 e. The van der Waals surface area contributed by atoms with Crippen molar-refractivity contribution in [3.05, 3.63) is 10.8 Å². The lowest BCUT2D eigenvalue weighted by molar-refractivity contribution is -0.135. The van der Waals surface area contributed by atoms with Crippen molar-refractivity contribution < 1.29 is 13.2 Å². The quantitative estimate of drug-likeness (QED) is 0.425. The summed E-state index contributed by atoms with van der Waals surface area (Å²) in [6.07, 6.45) is -3.07. The number of alkyl halides is 3. The molecule has 0 atom stereocenters. The minimum absolute atomic E-state index is 0.0845. The van der Waals surface area contributed by atoms with E-state index < -0.39 is 12.6 Å². The van der Waals surface area contributed by atoms with E-state index >= 15 is 0 Å². The molecule has 0 unspecified atom stereocenters. The van der Waals surface area contributed by atoms with Crippen LogP contribution < -0.4 is 16.6 Å². The Hall–Kier alpha value is -1.09. The molecule has 9 heteroatoms. The highest BCUT2D eigenvalue weighted by Gasteiger charge is 2.25. The highest BCUT2D eigenvalue weighted by atomic mass is 79.9. The van der Waals surface area contributed by atoms with Crippen LogP contribution in [0.3, 0.4) is 0 Å². The van der Waals surface area contributed by atoms with E-state index in [2.05, 4.69) is 36.6 Å². The van der Waals surface area contributed by atoms with E-state index in [-0.39, 0.29) is 6.42 Å². The molecule has 0 aliphatic rings. The number of hydrogen-bond acceptors (Lipinski definition) is 5. The second-order valence-electron chi connectivity index (χ2n) is 3.53. The summed E-state index contributed by atoms with van der Waals surface area (Å²) in [4.78, 5) is 7.80. The van der Waals surface area contributed by atoms with Crippen molar-refractivity contribution >= 4 is 27.6 Å². The van der Waals surface area contributed by atoms with Crippen LogP contribution >= 0.6 is 15.9 Å². The summed E-state index contributed by atoms with van der Waals surface area (Å²) < 4.78 is 36.2. The fourth-order valence-electron chi connectivity index (χ4n) is 1.25. The van der Waals surface area contributed by atoms with Gasteiger partial charge < -0.3 is 10.7 Å². The highest BCUT2D eigenvalue weighted by molar-refractivity contribution is 9.10. The molecule has 4 N–H and O–H groups in total. The van der Waals surface area contributed by atoms with Crippen molar-refractivity contribution in [2.24, 2.45) is 5.84 Å². The SMILES string of the molecule is NNc1ncnc(NCCCCC(F)(F)F)c1Br. The van der Waals surface area contributed by atoms with Crippen molar-refractivity contribution in [1.82, 2.24) is 9.97 Å². The minimum atomic E-state index is -4.09. The fraction of sp³-hybridized carbons (Fsp3) is 0.556. The van der Waals surface area contributed by atoms with E-state index in [4.69, 9.17) is 5.84 Å². The fourth-order valence-corrected chi connectivity index (χ4v) is 1.71. The van der Waals surface area contributed by atoms with Gasteiger partial charge in [-0.15, -0.1) is 0 Å². The Morgan fingerprint density at radius 1 is 1.22 bits per heavy atom. The van der Waals surface area contributed by atoms with E-state index in [0.29, 0.717) is 29.1 Å². The number of anilines is 2. The summed E-state index contributed by atoms with van der Waals surface area (Å²) in [5.41, 5.74) is 2.37. The van der Waals surface area contributed by atoms with Crippen LogP contribution in [0, 0.1) is 0 Å². The molecule has 1 rings (SSSR count). The van der Waals surface area contributed by atoms with E-state index in [0.717, 1.165) is 0 Å². The number of halogens is 4. The topological polar surface area (TPSA) is 75.9 Å². The van der Waals surface area contributed by atoms with E-state index in [1.807, 2.05) is 0 Å². The number of aromatic nitrogens is 2. The average molecular weight is 328 g/mol. The number of hydrazine groups is 1. The molecule has 1 aromatic heterocycles. The molecule has 0 bridgehead atoms. The minimum Gasteiger partial charge on any atom is -0.369 e. The van der Waals surface area contributed by atoms with Gasteiger partial charge in [0.05, 0.1) is 0 Å². The maximum absolute atomic E-state index is 11.9. The van der Waals surface area contributed by atoms with E-state index in [1.165, 1.54) is 6.33 Å². The Labute approximate surface area is 110 Å². The lowest BCUT2D eigenvalue weighted by Gasteiger charge is -2.10. The number of rotatable bonds is 6. The lowest BCUT2D eigenvalue weighted by Crippen LogP contribution is -2.12. The molecule has 0 saturated heterocycles. The third kappa shape index (κ3) is 5.05. The number of nitrogen functional groups attached to an aromatic ring is 1. The number of hydrogen-bond donors (Lipinski definition) is 3. The van der Waals surface area contributed by atoms with Gasteiger partial charge in [0.25, 0.3) is 0 Å². The first-order chi connectivity index (χ1) is 8.44. The molecule has 0 fully saturated rings. The van der Waals surface area contributed by atoms with Crippen LogP contribution in [-0.2, 0) is 0 Å². The van der Waals surface area contributed by atoms with Gasteiger partial charge in [-0.25, -0.2) is 15.8 Å². The maximum Gasteiger partial charge on any atom is 0.389 e. The molecule has 102 valence electrons. The van der Waals surface area contributed by atoms with Gasteiger partial charge in [0.1, 0.15) is 16.6 Å². The first-order valence-corrected chi connectivity index (χ1v) is 6.01. The summed E-state index contributed by atoms with van der Waals surface area (Å²) in [6, 6.07) is 0. The highest BCUT2D eigenvalue weighted by Crippen LogP contribution is 2.26. The zero-order chi connectivity index (χ0) is 13.6. The van der Waals surface area contributed by atoms with Gasteiger partial charge in [0.2, 0.25) is 0 Å². The predicted octanol–water partition coefficient (Wildman–Crippen LogP) is 2.67. The van der Waals surface area contributed by atoms with Gasteiger partial charge in [0, 0.05) is 13.0 Å². The van der Waals surface area contributed by atoms with Gasteiger partial charge >= 0.3 is 6.18 Å². The van der Waals surface area contributed by atoms with Crippen LogP contribution in [-0.4, -0.2) is 22.7 Å². The first-order valence-electron chi connectivity index (χ1n) is 5.22. The zero-order valence-corrected chi connectivity index (χ0v) is 11.0. The molecule has 0 aliphatic carbocycles. The van der Waals surface area contributed by atoms with Crippen LogP contribution in [0.4, 0.5) is 24.8 Å². The third-order valence-corrected chi connectivity index (χ3v) is 2.86.